The summed E-state index contributed by atoms with van der Waals surface area (Å²) in [5.74, 6) is -0.0696. The number of tetrazole rings is 1. The number of aryl methyl sites for hydroxylation is 1. The molecule has 15 heteroatoms. The number of hydrogen-bond acceptors (Lipinski definition) is 11. The van der Waals surface area contributed by atoms with Gasteiger partial charge in [0.15, 0.2) is 6.29 Å². The molecule has 2 heterocycles. The maximum Gasteiger partial charge on any atom is 0.242 e. The highest BCUT2D eigenvalue weighted by Crippen LogP contribution is 2.43. The van der Waals surface area contributed by atoms with Gasteiger partial charge in [-0.2, -0.15) is 9.40 Å². The van der Waals surface area contributed by atoms with Crippen LogP contribution < -0.4 is 10.0 Å². The van der Waals surface area contributed by atoms with Gasteiger partial charge in [-0.25, -0.2) is 8.42 Å². The Hall–Kier alpha value is -5.42. The number of nitrogens with one attached hydrogen (secondary N) is 2. The molecule has 0 saturated carbocycles. The lowest BCUT2D eigenvalue weighted by molar-refractivity contribution is -0.268. The number of aliphatic hydroxyl groups is 1. The molecular weight excluding hydrogens is 765 g/mol. The zero-order valence-corrected chi connectivity index (χ0v) is 32.8. The molecule has 0 radical (unpaired) electrons. The Morgan fingerprint density at radius 2 is 1.61 bits per heavy atom. The van der Waals surface area contributed by atoms with Crippen LogP contribution in [0.15, 0.2) is 137 Å². The van der Waals surface area contributed by atoms with Crippen molar-refractivity contribution in [2.24, 2.45) is 5.92 Å². The first kappa shape index (κ1) is 39.8. The van der Waals surface area contributed by atoms with Crippen molar-refractivity contribution in [1.82, 2.24) is 24.9 Å². The van der Waals surface area contributed by atoms with E-state index in [1.807, 2.05) is 67.6 Å². The molecular formula is C42H42N6O7S2. The molecule has 1 amide bonds. The van der Waals surface area contributed by atoms with E-state index >= 15 is 0 Å². The SMILES string of the molecule is Cc1ccc(S(=O)(=O)NC(Cc2ccccc2)C(=O)Nc2cccc(C3OC(CSc4nnnn4-c4ccc(O)cc4)C(C)C(c4ccc(CO)cc4)O3)c2)cc1. The highest BCUT2D eigenvalue weighted by Gasteiger charge is 2.39. The fraction of sp³-hybridized carbons (Fsp3) is 0.238. The van der Waals surface area contributed by atoms with E-state index in [0.29, 0.717) is 27.8 Å². The minimum atomic E-state index is -4.04. The Morgan fingerprint density at radius 3 is 2.33 bits per heavy atom. The summed E-state index contributed by atoms with van der Waals surface area (Å²) in [4.78, 5) is 14.0. The number of sulfonamides is 1. The van der Waals surface area contributed by atoms with E-state index < -0.39 is 34.4 Å². The topological polar surface area (TPSA) is 178 Å². The first-order valence-corrected chi connectivity index (χ1v) is 20.8. The summed E-state index contributed by atoms with van der Waals surface area (Å²) in [7, 11) is -4.04. The minimum Gasteiger partial charge on any atom is -0.508 e. The number of phenolic OH excluding ortho intramolecular Hbond substituents is 1. The molecule has 5 atom stereocenters. The van der Waals surface area contributed by atoms with Crippen molar-refractivity contribution in [1.29, 1.82) is 0 Å². The van der Waals surface area contributed by atoms with Gasteiger partial charge in [-0.15, -0.1) is 5.10 Å². The standard InChI is InChI=1S/C42H42N6O7S2/c1-27-11-21-36(22-12-27)57(52,53)45-37(23-29-7-4-3-5-8-29)40(51)43-33-10-6-9-32(24-33)41-54-38(28(2)39(55-41)31-15-13-30(25-49)14-16-31)26-56-42-44-46-47-48(42)34-17-19-35(50)20-18-34/h3-22,24,28,37-39,41,45,49-50H,23,25-26H2,1-2H3,(H,43,51). The molecule has 6 aromatic rings. The number of amides is 1. The molecule has 5 aromatic carbocycles. The fourth-order valence-corrected chi connectivity index (χ4v) is 8.74. The predicted octanol–water partition coefficient (Wildman–Crippen LogP) is 6.28. The van der Waals surface area contributed by atoms with E-state index in [0.717, 1.165) is 22.3 Å². The van der Waals surface area contributed by atoms with Crippen molar-refractivity contribution in [2.75, 3.05) is 11.1 Å². The molecule has 1 aliphatic rings. The van der Waals surface area contributed by atoms with Gasteiger partial charge in [-0.05, 0) is 89.0 Å². The zero-order chi connectivity index (χ0) is 39.9. The second kappa shape index (κ2) is 17.8. The molecule has 0 aliphatic carbocycles. The van der Waals surface area contributed by atoms with E-state index in [9.17, 15) is 23.4 Å². The van der Waals surface area contributed by atoms with Crippen LogP contribution in [0.2, 0.25) is 0 Å². The maximum absolute atomic E-state index is 13.9. The number of aliphatic hydroxyl groups excluding tert-OH is 1. The summed E-state index contributed by atoms with van der Waals surface area (Å²) in [6, 6.07) is 35.8. The lowest BCUT2D eigenvalue weighted by Gasteiger charge is -2.41. The number of anilines is 1. The molecule has 13 nitrogen and oxygen atoms in total. The molecule has 5 unspecified atom stereocenters. The van der Waals surface area contributed by atoms with E-state index in [4.69, 9.17) is 9.47 Å². The van der Waals surface area contributed by atoms with Gasteiger partial charge in [0.2, 0.25) is 21.1 Å². The number of phenols is 1. The van der Waals surface area contributed by atoms with Gasteiger partial charge in [0, 0.05) is 22.9 Å². The van der Waals surface area contributed by atoms with Crippen LogP contribution in [0.5, 0.6) is 5.75 Å². The smallest absolute Gasteiger partial charge is 0.242 e. The van der Waals surface area contributed by atoms with E-state index in [2.05, 4.69) is 32.5 Å². The third-order valence-electron chi connectivity index (χ3n) is 9.69. The first-order valence-electron chi connectivity index (χ1n) is 18.3. The van der Waals surface area contributed by atoms with Crippen LogP contribution in [0.25, 0.3) is 5.69 Å². The highest BCUT2D eigenvalue weighted by atomic mass is 32.2. The minimum absolute atomic E-state index is 0.0620. The number of thioether (sulfide) groups is 1. The Morgan fingerprint density at radius 1 is 0.877 bits per heavy atom. The van der Waals surface area contributed by atoms with Crippen molar-refractivity contribution < 1.29 is 32.9 Å². The lowest BCUT2D eigenvalue weighted by atomic mass is 9.91. The molecule has 0 bridgehead atoms. The Bertz CT molecular complexity index is 2380. The highest BCUT2D eigenvalue weighted by molar-refractivity contribution is 7.99. The average Bonchev–Trinajstić information content (AvgIpc) is 3.70. The van der Waals surface area contributed by atoms with Gasteiger partial charge >= 0.3 is 0 Å². The number of carbonyl (C=O) groups is 1. The third kappa shape index (κ3) is 9.76. The number of rotatable bonds is 14. The van der Waals surface area contributed by atoms with Crippen LogP contribution in [0, 0.1) is 12.8 Å². The first-order chi connectivity index (χ1) is 27.6. The number of nitrogens with zero attached hydrogens (tertiary/aromatic N) is 4. The van der Waals surface area contributed by atoms with Crippen molar-refractivity contribution in [3.05, 3.63) is 155 Å². The van der Waals surface area contributed by atoms with Gasteiger partial charge < -0.3 is 25.0 Å². The Balaban J connectivity index is 1.13. The number of aromatic hydroxyl groups is 1. The van der Waals surface area contributed by atoms with E-state index in [1.165, 1.54) is 23.9 Å². The summed E-state index contributed by atoms with van der Waals surface area (Å²) in [5, 5.41) is 35.1. The van der Waals surface area contributed by atoms with Crippen LogP contribution in [0.3, 0.4) is 0 Å². The quantitative estimate of drug-likeness (QED) is 0.0912. The van der Waals surface area contributed by atoms with Crippen molar-refractivity contribution in [3.63, 3.8) is 0 Å². The van der Waals surface area contributed by atoms with Crippen molar-refractivity contribution >= 4 is 33.4 Å². The fourth-order valence-electron chi connectivity index (χ4n) is 6.49. The van der Waals surface area contributed by atoms with Gasteiger partial charge in [0.1, 0.15) is 11.8 Å². The number of hydrogen-bond donors (Lipinski definition) is 4. The number of benzene rings is 5. The Kier molecular flexibility index (Phi) is 12.4. The molecule has 294 valence electrons. The van der Waals surface area contributed by atoms with Gasteiger partial charge in [0.05, 0.1) is 29.4 Å². The van der Waals surface area contributed by atoms with Crippen LogP contribution in [-0.2, 0) is 37.3 Å². The number of carbonyl (C=O) groups excluding carboxylic acids is 1. The number of aromatic nitrogens is 4. The molecule has 1 aliphatic heterocycles. The molecule has 1 saturated heterocycles. The molecule has 4 N–H and O–H groups in total. The summed E-state index contributed by atoms with van der Waals surface area (Å²) in [6.07, 6.45) is -1.48. The monoisotopic (exact) mass is 806 g/mol. The van der Waals surface area contributed by atoms with E-state index in [1.54, 1.807) is 59.3 Å². The summed E-state index contributed by atoms with van der Waals surface area (Å²) in [5.41, 5.74) is 5.14. The molecule has 57 heavy (non-hydrogen) atoms. The summed E-state index contributed by atoms with van der Waals surface area (Å²) >= 11 is 1.42. The van der Waals surface area contributed by atoms with Gasteiger partial charge in [0.25, 0.3) is 0 Å². The lowest BCUT2D eigenvalue weighted by Crippen LogP contribution is -2.45. The zero-order valence-electron chi connectivity index (χ0n) is 31.2. The van der Waals surface area contributed by atoms with Gasteiger partial charge in [-0.1, -0.05) is 103 Å². The molecule has 1 aromatic heterocycles. The second-order valence-electron chi connectivity index (χ2n) is 13.8. The van der Waals surface area contributed by atoms with Gasteiger partial charge in [-0.3, -0.25) is 4.79 Å². The van der Waals surface area contributed by atoms with E-state index in [-0.39, 0.29) is 35.7 Å². The second-order valence-corrected chi connectivity index (χ2v) is 16.5. The number of ether oxygens (including phenoxy) is 2. The predicted molar refractivity (Wildman–Crippen MR) is 215 cm³/mol. The van der Waals surface area contributed by atoms with Crippen LogP contribution in [0.1, 0.15) is 47.1 Å². The van der Waals surface area contributed by atoms with Crippen LogP contribution in [0.4, 0.5) is 5.69 Å². The normalized spacial score (nSPS) is 18.9. The largest absolute Gasteiger partial charge is 0.508 e. The summed E-state index contributed by atoms with van der Waals surface area (Å²) in [6.45, 7) is 3.84. The van der Waals surface area contributed by atoms with Crippen LogP contribution >= 0.6 is 11.8 Å². The molecule has 7 rings (SSSR count). The molecule has 0 spiro atoms. The van der Waals surface area contributed by atoms with Crippen molar-refractivity contribution in [2.45, 2.75) is 61.5 Å². The summed E-state index contributed by atoms with van der Waals surface area (Å²) < 4.78 is 44.5. The Labute approximate surface area is 335 Å². The maximum atomic E-state index is 13.9. The average molecular weight is 807 g/mol. The van der Waals surface area contributed by atoms with Crippen LogP contribution in [-0.4, -0.2) is 62.6 Å². The van der Waals surface area contributed by atoms with Crippen molar-refractivity contribution in [3.8, 4) is 11.4 Å². The third-order valence-corrected chi connectivity index (χ3v) is 12.2. The molecule has 1 fully saturated rings.